The Bertz CT molecular complexity index is 466. The first-order valence-electron chi connectivity index (χ1n) is 5.07. The van der Waals surface area contributed by atoms with Crippen molar-refractivity contribution in [3.63, 3.8) is 0 Å². The van der Waals surface area contributed by atoms with Gasteiger partial charge in [-0.05, 0) is 31.4 Å². The first-order chi connectivity index (χ1) is 7.78. The average Bonchev–Trinajstić information content (AvgIpc) is 2.73. The van der Waals surface area contributed by atoms with Crippen LogP contribution >= 0.6 is 23.1 Å². The van der Waals surface area contributed by atoms with Gasteiger partial charge in [0.25, 0.3) is 0 Å². The lowest BCUT2D eigenvalue weighted by atomic mass is 10.3. The molecule has 0 unspecified atom stereocenters. The number of thiazole rings is 1. The van der Waals surface area contributed by atoms with Gasteiger partial charge in [0.2, 0.25) is 0 Å². The van der Waals surface area contributed by atoms with Crippen LogP contribution in [-0.2, 0) is 6.54 Å². The third-order valence-corrected chi connectivity index (χ3v) is 3.87. The first kappa shape index (κ1) is 11.5. The number of hydrogen-bond acceptors (Lipinski definition) is 4. The monoisotopic (exact) mass is 250 g/mol. The normalized spacial score (nSPS) is 10.4. The van der Waals surface area contributed by atoms with E-state index in [9.17, 15) is 0 Å². The van der Waals surface area contributed by atoms with Gasteiger partial charge >= 0.3 is 0 Å². The van der Waals surface area contributed by atoms with E-state index in [0.717, 1.165) is 22.9 Å². The Labute approximate surface area is 104 Å². The zero-order valence-corrected chi connectivity index (χ0v) is 11.0. The molecule has 0 bridgehead atoms. The van der Waals surface area contributed by atoms with Gasteiger partial charge in [0, 0.05) is 21.7 Å². The molecule has 84 valence electrons. The van der Waals surface area contributed by atoms with Gasteiger partial charge in [0.05, 0.1) is 6.54 Å². The number of aromatic nitrogens is 1. The topological polar surface area (TPSA) is 24.9 Å². The SMILES string of the molecule is CSc1cccc(NCc2nc(C)cs2)c1. The number of aryl methyl sites for hydroxylation is 1. The van der Waals surface area contributed by atoms with Crippen LogP contribution in [-0.4, -0.2) is 11.2 Å². The lowest BCUT2D eigenvalue weighted by molar-refractivity contribution is 1.07. The van der Waals surface area contributed by atoms with Gasteiger partial charge in [-0.15, -0.1) is 23.1 Å². The van der Waals surface area contributed by atoms with E-state index in [0.29, 0.717) is 0 Å². The van der Waals surface area contributed by atoms with E-state index in [1.807, 2.05) is 6.92 Å². The smallest absolute Gasteiger partial charge is 0.112 e. The minimum absolute atomic E-state index is 0.802. The highest BCUT2D eigenvalue weighted by atomic mass is 32.2. The molecule has 0 atom stereocenters. The molecule has 1 aromatic carbocycles. The number of nitrogens with one attached hydrogen (secondary N) is 1. The predicted molar refractivity (Wildman–Crippen MR) is 72.4 cm³/mol. The van der Waals surface area contributed by atoms with E-state index in [1.54, 1.807) is 23.1 Å². The van der Waals surface area contributed by atoms with Crippen LogP contribution in [0.1, 0.15) is 10.7 Å². The summed E-state index contributed by atoms with van der Waals surface area (Å²) in [6.07, 6.45) is 2.09. The highest BCUT2D eigenvalue weighted by Gasteiger charge is 1.99. The number of rotatable bonds is 4. The molecule has 0 saturated heterocycles. The van der Waals surface area contributed by atoms with Crippen LogP contribution in [0.4, 0.5) is 5.69 Å². The molecule has 0 aliphatic carbocycles. The second-order valence-electron chi connectivity index (χ2n) is 3.47. The van der Waals surface area contributed by atoms with Crippen LogP contribution in [0.3, 0.4) is 0 Å². The van der Waals surface area contributed by atoms with E-state index in [2.05, 4.69) is 46.2 Å². The van der Waals surface area contributed by atoms with Crippen molar-refractivity contribution in [2.75, 3.05) is 11.6 Å². The molecule has 1 heterocycles. The molecule has 2 rings (SSSR count). The van der Waals surface area contributed by atoms with Crippen LogP contribution in [0, 0.1) is 6.92 Å². The van der Waals surface area contributed by atoms with Crippen molar-refractivity contribution < 1.29 is 0 Å². The summed E-state index contributed by atoms with van der Waals surface area (Å²) in [6, 6.07) is 8.43. The molecule has 0 aliphatic rings. The Morgan fingerprint density at radius 3 is 3.00 bits per heavy atom. The maximum Gasteiger partial charge on any atom is 0.112 e. The molecule has 4 heteroatoms. The number of benzene rings is 1. The van der Waals surface area contributed by atoms with Crippen molar-refractivity contribution in [1.82, 2.24) is 4.98 Å². The van der Waals surface area contributed by atoms with Gasteiger partial charge in [0.1, 0.15) is 5.01 Å². The van der Waals surface area contributed by atoms with Gasteiger partial charge in [-0.1, -0.05) is 6.07 Å². The van der Waals surface area contributed by atoms with Crippen molar-refractivity contribution in [2.24, 2.45) is 0 Å². The summed E-state index contributed by atoms with van der Waals surface area (Å²) >= 11 is 3.46. The zero-order valence-electron chi connectivity index (χ0n) is 9.36. The van der Waals surface area contributed by atoms with E-state index < -0.39 is 0 Å². The van der Waals surface area contributed by atoms with E-state index in [1.165, 1.54) is 4.90 Å². The molecule has 0 amide bonds. The fourth-order valence-corrected chi connectivity index (χ4v) is 2.57. The van der Waals surface area contributed by atoms with Gasteiger partial charge in [-0.3, -0.25) is 0 Å². The first-order valence-corrected chi connectivity index (χ1v) is 7.17. The quantitative estimate of drug-likeness (QED) is 0.836. The van der Waals surface area contributed by atoms with Crippen LogP contribution in [0.15, 0.2) is 34.5 Å². The van der Waals surface area contributed by atoms with Gasteiger partial charge in [-0.25, -0.2) is 4.98 Å². The summed E-state index contributed by atoms with van der Waals surface area (Å²) in [5, 5.41) is 6.59. The second kappa shape index (κ2) is 5.37. The van der Waals surface area contributed by atoms with Crippen LogP contribution < -0.4 is 5.32 Å². The maximum atomic E-state index is 4.42. The van der Waals surface area contributed by atoms with Crippen molar-refractivity contribution in [3.05, 3.63) is 40.3 Å². The molecule has 0 fully saturated rings. The Morgan fingerprint density at radius 2 is 2.31 bits per heavy atom. The summed E-state index contributed by atoms with van der Waals surface area (Å²) in [5.41, 5.74) is 2.25. The molecule has 0 aliphatic heterocycles. The summed E-state index contributed by atoms with van der Waals surface area (Å²) in [7, 11) is 0. The Kier molecular flexibility index (Phi) is 3.85. The highest BCUT2D eigenvalue weighted by Crippen LogP contribution is 2.19. The lowest BCUT2D eigenvalue weighted by Gasteiger charge is -2.05. The van der Waals surface area contributed by atoms with Crippen LogP contribution in [0.2, 0.25) is 0 Å². The van der Waals surface area contributed by atoms with E-state index in [4.69, 9.17) is 0 Å². The van der Waals surface area contributed by atoms with Crippen molar-refractivity contribution in [3.8, 4) is 0 Å². The molecule has 2 aromatic rings. The van der Waals surface area contributed by atoms with E-state index in [-0.39, 0.29) is 0 Å². The molecular weight excluding hydrogens is 236 g/mol. The zero-order chi connectivity index (χ0) is 11.4. The Balaban J connectivity index is 1.99. The van der Waals surface area contributed by atoms with Crippen molar-refractivity contribution >= 4 is 28.8 Å². The predicted octanol–water partition coefficient (Wildman–Crippen LogP) is 3.79. The Hall–Kier alpha value is -1.00. The molecule has 16 heavy (non-hydrogen) atoms. The van der Waals surface area contributed by atoms with Crippen molar-refractivity contribution in [1.29, 1.82) is 0 Å². The fourth-order valence-electron chi connectivity index (χ4n) is 1.39. The number of anilines is 1. The summed E-state index contributed by atoms with van der Waals surface area (Å²) in [5.74, 6) is 0. The van der Waals surface area contributed by atoms with Gasteiger partial charge in [-0.2, -0.15) is 0 Å². The molecule has 1 aromatic heterocycles. The second-order valence-corrected chi connectivity index (χ2v) is 5.29. The van der Waals surface area contributed by atoms with Gasteiger partial charge < -0.3 is 5.32 Å². The molecule has 0 radical (unpaired) electrons. The minimum atomic E-state index is 0.802. The molecule has 1 N–H and O–H groups in total. The van der Waals surface area contributed by atoms with E-state index >= 15 is 0 Å². The average molecular weight is 250 g/mol. The molecule has 2 nitrogen and oxygen atoms in total. The fraction of sp³-hybridized carbons (Fsp3) is 0.250. The summed E-state index contributed by atoms with van der Waals surface area (Å²) in [4.78, 5) is 5.70. The number of thioether (sulfide) groups is 1. The third-order valence-electron chi connectivity index (χ3n) is 2.18. The van der Waals surface area contributed by atoms with Crippen molar-refractivity contribution in [2.45, 2.75) is 18.4 Å². The largest absolute Gasteiger partial charge is 0.378 e. The summed E-state index contributed by atoms with van der Waals surface area (Å²) in [6.45, 7) is 2.82. The Morgan fingerprint density at radius 1 is 1.44 bits per heavy atom. The van der Waals surface area contributed by atoms with Crippen LogP contribution in [0.25, 0.3) is 0 Å². The molecular formula is C12H14N2S2. The van der Waals surface area contributed by atoms with Gasteiger partial charge in [0.15, 0.2) is 0 Å². The minimum Gasteiger partial charge on any atom is -0.378 e. The third kappa shape index (κ3) is 3.00. The highest BCUT2D eigenvalue weighted by molar-refractivity contribution is 7.98. The molecule has 0 saturated carbocycles. The number of hydrogen-bond donors (Lipinski definition) is 1. The summed E-state index contributed by atoms with van der Waals surface area (Å²) < 4.78 is 0. The maximum absolute atomic E-state index is 4.42. The standard InChI is InChI=1S/C12H14N2S2/c1-9-8-16-12(14-9)7-13-10-4-3-5-11(6-10)15-2/h3-6,8,13H,7H2,1-2H3. The molecule has 0 spiro atoms. The lowest BCUT2D eigenvalue weighted by Crippen LogP contribution is -1.98. The number of nitrogens with zero attached hydrogens (tertiary/aromatic N) is 1. The van der Waals surface area contributed by atoms with Crippen LogP contribution in [0.5, 0.6) is 0 Å².